The zero-order valence-electron chi connectivity index (χ0n) is 10.3. The molecule has 2 N–H and O–H groups in total. The van der Waals surface area contributed by atoms with Crippen LogP contribution in [-0.2, 0) is 16.0 Å². The van der Waals surface area contributed by atoms with Gasteiger partial charge in [-0.15, -0.1) is 0 Å². The summed E-state index contributed by atoms with van der Waals surface area (Å²) in [6.45, 7) is -0.0752. The third-order valence-electron chi connectivity index (χ3n) is 2.96. The van der Waals surface area contributed by atoms with Gasteiger partial charge in [0.05, 0.1) is 6.54 Å². The van der Waals surface area contributed by atoms with Crippen LogP contribution in [0.2, 0.25) is 0 Å². The van der Waals surface area contributed by atoms with Crippen LogP contribution in [0.5, 0.6) is 0 Å². The number of nitrogens with one attached hydrogen (secondary N) is 1. The van der Waals surface area contributed by atoms with Crippen molar-refractivity contribution in [1.29, 1.82) is 0 Å². The lowest BCUT2D eigenvalue weighted by molar-refractivity contribution is -0.138. The molecular weight excluding hydrogens is 248 g/mol. The van der Waals surface area contributed by atoms with E-state index in [9.17, 15) is 14.4 Å². The second-order valence-electron chi connectivity index (χ2n) is 4.30. The van der Waals surface area contributed by atoms with E-state index in [-0.39, 0.29) is 12.5 Å². The number of carboxylic acids is 1. The Labute approximate surface area is 110 Å². The molecule has 0 saturated heterocycles. The number of hydrogen-bond donors (Lipinski definition) is 2. The molecule has 0 aliphatic carbocycles. The molecule has 0 atom stereocenters. The maximum Gasteiger partial charge on any atom is 0.322 e. The summed E-state index contributed by atoms with van der Waals surface area (Å²) in [4.78, 5) is 35.4. The fourth-order valence-electron chi connectivity index (χ4n) is 2.03. The molecule has 0 radical (unpaired) electrons. The minimum absolute atomic E-state index is 0.111. The molecule has 2 amide bonds. The van der Waals surface area contributed by atoms with Crippen LogP contribution in [0.4, 0.5) is 0 Å². The van der Waals surface area contributed by atoms with Crippen molar-refractivity contribution in [2.24, 2.45) is 0 Å². The Morgan fingerprint density at radius 1 is 1.32 bits per heavy atom. The van der Waals surface area contributed by atoms with Crippen molar-refractivity contribution in [3.8, 4) is 0 Å². The lowest BCUT2D eigenvalue weighted by Crippen LogP contribution is -2.45. The van der Waals surface area contributed by atoms with E-state index in [1.165, 1.54) is 4.90 Å². The van der Waals surface area contributed by atoms with Crippen LogP contribution >= 0.6 is 0 Å². The highest BCUT2D eigenvalue weighted by atomic mass is 16.4. The SMILES string of the molecule is O=C(O)CNC(=O)CN1CCc2ccccc2C1=O. The third kappa shape index (κ3) is 3.09. The fourth-order valence-corrected chi connectivity index (χ4v) is 2.03. The Hall–Kier alpha value is -2.37. The maximum absolute atomic E-state index is 12.1. The number of hydrogen-bond acceptors (Lipinski definition) is 3. The van der Waals surface area contributed by atoms with Crippen molar-refractivity contribution in [3.05, 3.63) is 35.4 Å². The second kappa shape index (κ2) is 5.51. The molecule has 0 bridgehead atoms. The van der Waals surface area contributed by atoms with Gasteiger partial charge in [-0.1, -0.05) is 18.2 Å². The number of carboxylic acid groups (broad SMARTS) is 1. The Morgan fingerprint density at radius 3 is 2.79 bits per heavy atom. The van der Waals surface area contributed by atoms with Gasteiger partial charge < -0.3 is 15.3 Å². The first-order chi connectivity index (χ1) is 9.08. The molecule has 19 heavy (non-hydrogen) atoms. The summed E-state index contributed by atoms with van der Waals surface area (Å²) in [6.07, 6.45) is 0.703. The van der Waals surface area contributed by atoms with Crippen molar-refractivity contribution in [2.75, 3.05) is 19.6 Å². The molecule has 1 aromatic carbocycles. The largest absolute Gasteiger partial charge is 0.480 e. The first-order valence-electron chi connectivity index (χ1n) is 5.93. The molecule has 6 nitrogen and oxygen atoms in total. The average molecular weight is 262 g/mol. The number of carbonyl (C=O) groups excluding carboxylic acids is 2. The summed E-state index contributed by atoms with van der Waals surface area (Å²) in [5.74, 6) is -1.76. The first kappa shape index (κ1) is 13.1. The van der Waals surface area contributed by atoms with Crippen molar-refractivity contribution < 1.29 is 19.5 Å². The Balaban J connectivity index is 1.99. The summed E-state index contributed by atoms with van der Waals surface area (Å²) < 4.78 is 0. The number of fused-ring (bicyclic) bond motifs is 1. The molecule has 100 valence electrons. The molecule has 0 spiro atoms. The van der Waals surface area contributed by atoms with Crippen LogP contribution in [-0.4, -0.2) is 47.4 Å². The van der Waals surface area contributed by atoms with Gasteiger partial charge in [0.1, 0.15) is 6.54 Å². The lowest BCUT2D eigenvalue weighted by Gasteiger charge is -2.27. The van der Waals surface area contributed by atoms with Crippen molar-refractivity contribution >= 4 is 17.8 Å². The Bertz CT molecular complexity index is 527. The highest BCUT2D eigenvalue weighted by Gasteiger charge is 2.25. The van der Waals surface area contributed by atoms with E-state index in [1.54, 1.807) is 12.1 Å². The predicted molar refractivity (Wildman–Crippen MR) is 66.7 cm³/mol. The molecule has 1 aromatic rings. The molecule has 0 unspecified atom stereocenters. The van der Waals surface area contributed by atoms with E-state index >= 15 is 0 Å². The van der Waals surface area contributed by atoms with Crippen molar-refractivity contribution in [2.45, 2.75) is 6.42 Å². The van der Waals surface area contributed by atoms with Crippen molar-refractivity contribution in [1.82, 2.24) is 10.2 Å². The van der Waals surface area contributed by atoms with Gasteiger partial charge in [-0.2, -0.15) is 0 Å². The third-order valence-corrected chi connectivity index (χ3v) is 2.96. The molecular formula is C13H14N2O4. The van der Waals surface area contributed by atoms with Crippen LogP contribution in [0.15, 0.2) is 24.3 Å². The van der Waals surface area contributed by atoms with E-state index in [2.05, 4.69) is 5.32 Å². The van der Waals surface area contributed by atoms with Gasteiger partial charge in [-0.05, 0) is 18.1 Å². The fraction of sp³-hybridized carbons (Fsp3) is 0.308. The highest BCUT2D eigenvalue weighted by Crippen LogP contribution is 2.17. The van der Waals surface area contributed by atoms with E-state index in [4.69, 9.17) is 5.11 Å². The second-order valence-corrected chi connectivity index (χ2v) is 4.30. The quantitative estimate of drug-likeness (QED) is 0.792. The number of benzene rings is 1. The summed E-state index contributed by atoms with van der Waals surface area (Å²) in [5.41, 5.74) is 1.59. The standard InChI is InChI=1S/C13H14N2O4/c16-11(14-7-12(17)18)8-15-6-5-9-3-1-2-4-10(9)13(15)19/h1-4H,5-8H2,(H,14,16)(H,17,18). The topological polar surface area (TPSA) is 86.7 Å². The van der Waals surface area contributed by atoms with Gasteiger partial charge in [0, 0.05) is 12.1 Å². The minimum Gasteiger partial charge on any atom is -0.480 e. The van der Waals surface area contributed by atoms with Gasteiger partial charge in [0.15, 0.2) is 0 Å². The molecule has 2 rings (SSSR count). The molecule has 0 aromatic heterocycles. The van der Waals surface area contributed by atoms with Gasteiger partial charge in [0.2, 0.25) is 5.91 Å². The maximum atomic E-state index is 12.1. The molecule has 1 aliphatic rings. The monoisotopic (exact) mass is 262 g/mol. The minimum atomic E-state index is -1.11. The number of aliphatic carboxylic acids is 1. The van der Waals surface area contributed by atoms with Crippen LogP contribution in [0.3, 0.4) is 0 Å². The summed E-state index contributed by atoms with van der Waals surface area (Å²) in [6, 6.07) is 7.29. The van der Waals surface area contributed by atoms with E-state index in [1.807, 2.05) is 12.1 Å². The number of rotatable bonds is 4. The van der Waals surface area contributed by atoms with E-state index < -0.39 is 18.4 Å². The number of amides is 2. The molecule has 0 fully saturated rings. The zero-order valence-corrected chi connectivity index (χ0v) is 10.3. The average Bonchev–Trinajstić information content (AvgIpc) is 2.40. The Morgan fingerprint density at radius 2 is 2.05 bits per heavy atom. The van der Waals surface area contributed by atoms with Crippen LogP contribution < -0.4 is 5.32 Å². The number of nitrogens with zero attached hydrogens (tertiary/aromatic N) is 1. The van der Waals surface area contributed by atoms with Gasteiger partial charge >= 0.3 is 5.97 Å². The van der Waals surface area contributed by atoms with Gasteiger partial charge in [-0.25, -0.2) is 0 Å². The van der Waals surface area contributed by atoms with E-state index in [0.29, 0.717) is 18.5 Å². The van der Waals surface area contributed by atoms with Gasteiger partial charge in [0.25, 0.3) is 5.91 Å². The van der Waals surface area contributed by atoms with Crippen LogP contribution in [0.25, 0.3) is 0 Å². The van der Waals surface area contributed by atoms with Crippen LogP contribution in [0.1, 0.15) is 15.9 Å². The summed E-state index contributed by atoms with van der Waals surface area (Å²) in [5, 5.41) is 10.7. The highest BCUT2D eigenvalue weighted by molar-refractivity contribution is 5.98. The van der Waals surface area contributed by atoms with E-state index in [0.717, 1.165) is 5.56 Å². The predicted octanol–water partition coefficient (Wildman–Crippen LogP) is -0.114. The summed E-state index contributed by atoms with van der Waals surface area (Å²) >= 11 is 0. The first-order valence-corrected chi connectivity index (χ1v) is 5.93. The number of carbonyl (C=O) groups is 3. The normalized spacial score (nSPS) is 13.9. The summed E-state index contributed by atoms with van der Waals surface area (Å²) in [7, 11) is 0. The smallest absolute Gasteiger partial charge is 0.322 e. The van der Waals surface area contributed by atoms with Crippen molar-refractivity contribution in [3.63, 3.8) is 0 Å². The van der Waals surface area contributed by atoms with Crippen LogP contribution in [0, 0.1) is 0 Å². The lowest BCUT2D eigenvalue weighted by atomic mass is 9.99. The zero-order chi connectivity index (χ0) is 13.8. The van der Waals surface area contributed by atoms with Gasteiger partial charge in [-0.3, -0.25) is 14.4 Å². The molecule has 1 heterocycles. The molecule has 1 aliphatic heterocycles. The molecule has 0 saturated carbocycles. The Kier molecular flexibility index (Phi) is 3.79. The molecule has 6 heteroatoms.